The van der Waals surface area contributed by atoms with Crippen LogP contribution in [0.25, 0.3) is 22.3 Å². The standard InChI is InChI=1S/C28H30O6/c1-27(2,3)21-13-18(16-8-10-24(30)20(12-16)26(33)34)22(28(4,5)6)14-17(21)15-7-9-23(29)19(11-15)25(31)32/h7-14,29-30H,1-6H3,(H,31,32)(H,33,34). The minimum atomic E-state index is -1.21. The predicted octanol–water partition coefficient (Wildman–Crippen LogP) is 6.42. The van der Waals surface area contributed by atoms with Crippen molar-refractivity contribution in [1.82, 2.24) is 0 Å². The quantitative estimate of drug-likeness (QED) is 0.355. The van der Waals surface area contributed by atoms with Crippen LogP contribution in [-0.4, -0.2) is 32.4 Å². The van der Waals surface area contributed by atoms with Crippen LogP contribution in [0.15, 0.2) is 48.5 Å². The molecule has 0 unspecified atom stereocenters. The molecule has 0 amide bonds. The van der Waals surface area contributed by atoms with Crippen LogP contribution in [0.5, 0.6) is 11.5 Å². The molecule has 6 heteroatoms. The number of phenols is 2. The van der Waals surface area contributed by atoms with Crippen LogP contribution in [0.4, 0.5) is 0 Å². The largest absolute Gasteiger partial charge is 0.507 e. The lowest BCUT2D eigenvalue weighted by Crippen LogP contribution is -2.18. The summed E-state index contributed by atoms with van der Waals surface area (Å²) in [5.41, 5.74) is 3.82. The number of carboxylic acids is 2. The summed E-state index contributed by atoms with van der Waals surface area (Å²) >= 11 is 0. The molecular weight excluding hydrogens is 432 g/mol. The van der Waals surface area contributed by atoms with E-state index in [0.717, 1.165) is 22.3 Å². The number of aromatic hydroxyl groups is 2. The predicted molar refractivity (Wildman–Crippen MR) is 132 cm³/mol. The number of carboxylic acid groups (broad SMARTS) is 2. The minimum absolute atomic E-state index is 0.177. The van der Waals surface area contributed by atoms with Crippen LogP contribution < -0.4 is 0 Å². The highest BCUT2D eigenvalue weighted by Gasteiger charge is 2.27. The second-order valence-electron chi connectivity index (χ2n) is 10.5. The topological polar surface area (TPSA) is 115 Å². The van der Waals surface area contributed by atoms with E-state index in [9.17, 15) is 30.0 Å². The van der Waals surface area contributed by atoms with Gasteiger partial charge in [0.15, 0.2) is 0 Å². The van der Waals surface area contributed by atoms with Gasteiger partial charge in [-0.15, -0.1) is 0 Å². The van der Waals surface area contributed by atoms with Crippen LogP contribution in [-0.2, 0) is 10.8 Å². The Labute approximate surface area is 199 Å². The maximum absolute atomic E-state index is 11.6. The van der Waals surface area contributed by atoms with Crippen molar-refractivity contribution in [3.8, 4) is 33.8 Å². The highest BCUT2D eigenvalue weighted by Crippen LogP contribution is 2.43. The van der Waals surface area contributed by atoms with Crippen LogP contribution in [0, 0.1) is 0 Å². The van der Waals surface area contributed by atoms with Crippen molar-refractivity contribution in [3.63, 3.8) is 0 Å². The van der Waals surface area contributed by atoms with Gasteiger partial charge in [0.25, 0.3) is 0 Å². The van der Waals surface area contributed by atoms with Crippen molar-refractivity contribution in [2.45, 2.75) is 52.4 Å². The van der Waals surface area contributed by atoms with E-state index in [2.05, 4.69) is 0 Å². The fourth-order valence-electron chi connectivity index (χ4n) is 4.07. The van der Waals surface area contributed by atoms with Crippen LogP contribution in [0.1, 0.15) is 73.4 Å². The molecule has 3 rings (SSSR count). The molecule has 0 spiro atoms. The maximum Gasteiger partial charge on any atom is 0.339 e. The Balaban J connectivity index is 2.42. The number of aromatic carboxylic acids is 2. The zero-order chi connectivity index (χ0) is 25.6. The first-order chi connectivity index (χ1) is 15.6. The Morgan fingerprint density at radius 3 is 1.18 bits per heavy atom. The summed E-state index contributed by atoms with van der Waals surface area (Å²) in [7, 11) is 0. The molecule has 0 saturated heterocycles. The zero-order valence-electron chi connectivity index (χ0n) is 20.2. The fraction of sp³-hybridized carbons (Fsp3) is 0.286. The molecule has 0 saturated carbocycles. The van der Waals surface area contributed by atoms with Gasteiger partial charge in [0.1, 0.15) is 22.6 Å². The summed E-state index contributed by atoms with van der Waals surface area (Å²) in [5.74, 6) is -3.03. The number of rotatable bonds is 4. The monoisotopic (exact) mass is 462 g/mol. The first-order valence-corrected chi connectivity index (χ1v) is 10.9. The van der Waals surface area contributed by atoms with Gasteiger partial charge >= 0.3 is 11.9 Å². The molecule has 0 aliphatic heterocycles. The maximum atomic E-state index is 11.6. The van der Waals surface area contributed by atoms with Crippen LogP contribution in [0.2, 0.25) is 0 Å². The summed E-state index contributed by atoms with van der Waals surface area (Å²) in [6.07, 6.45) is 0. The third-order valence-electron chi connectivity index (χ3n) is 5.85. The Kier molecular flexibility index (Phi) is 6.22. The second kappa shape index (κ2) is 8.52. The second-order valence-corrected chi connectivity index (χ2v) is 10.5. The van der Waals surface area contributed by atoms with Crippen LogP contribution in [0.3, 0.4) is 0 Å². The van der Waals surface area contributed by atoms with Crippen molar-refractivity contribution >= 4 is 11.9 Å². The summed E-state index contributed by atoms with van der Waals surface area (Å²) in [6, 6.07) is 13.1. The summed E-state index contributed by atoms with van der Waals surface area (Å²) in [6.45, 7) is 12.3. The summed E-state index contributed by atoms with van der Waals surface area (Å²) < 4.78 is 0. The molecule has 3 aromatic carbocycles. The molecule has 0 radical (unpaired) electrons. The average Bonchev–Trinajstić information content (AvgIpc) is 2.72. The van der Waals surface area contributed by atoms with Gasteiger partial charge < -0.3 is 20.4 Å². The lowest BCUT2D eigenvalue weighted by atomic mass is 9.74. The van der Waals surface area contributed by atoms with Gasteiger partial charge in [-0.1, -0.05) is 53.7 Å². The van der Waals surface area contributed by atoms with Gasteiger partial charge in [-0.25, -0.2) is 9.59 Å². The van der Waals surface area contributed by atoms with E-state index in [-0.39, 0.29) is 33.5 Å². The third-order valence-corrected chi connectivity index (χ3v) is 5.85. The highest BCUT2D eigenvalue weighted by atomic mass is 16.4. The van der Waals surface area contributed by atoms with Crippen molar-refractivity contribution in [2.24, 2.45) is 0 Å². The SMILES string of the molecule is CC(C)(C)c1cc(-c2ccc(O)c(C(=O)O)c2)c(C(C)(C)C)cc1-c1ccc(O)c(C(=O)O)c1. The van der Waals surface area contributed by atoms with Crippen molar-refractivity contribution in [1.29, 1.82) is 0 Å². The molecule has 3 aromatic rings. The first-order valence-electron chi connectivity index (χ1n) is 10.9. The summed E-state index contributed by atoms with van der Waals surface area (Å²) in [5, 5.41) is 39.0. The first kappa shape index (κ1) is 24.8. The molecular formula is C28H30O6. The van der Waals surface area contributed by atoms with Gasteiger partial charge in [0, 0.05) is 0 Å². The van der Waals surface area contributed by atoms with Crippen molar-refractivity contribution in [3.05, 3.63) is 70.8 Å². The Hall–Kier alpha value is -3.80. The minimum Gasteiger partial charge on any atom is -0.507 e. The van der Waals surface area contributed by atoms with Crippen molar-refractivity contribution in [2.75, 3.05) is 0 Å². The molecule has 6 nitrogen and oxygen atoms in total. The molecule has 0 fully saturated rings. The van der Waals surface area contributed by atoms with E-state index in [1.165, 1.54) is 24.3 Å². The van der Waals surface area contributed by atoms with Gasteiger partial charge in [-0.3, -0.25) is 0 Å². The number of carbonyl (C=O) groups is 2. The molecule has 34 heavy (non-hydrogen) atoms. The normalized spacial score (nSPS) is 11.9. The molecule has 178 valence electrons. The molecule has 0 heterocycles. The van der Waals surface area contributed by atoms with Gasteiger partial charge in [0.2, 0.25) is 0 Å². The summed E-state index contributed by atoms with van der Waals surface area (Å²) in [4.78, 5) is 23.3. The number of hydrogen-bond donors (Lipinski definition) is 4. The zero-order valence-corrected chi connectivity index (χ0v) is 20.2. The van der Waals surface area contributed by atoms with Gasteiger partial charge in [0.05, 0.1) is 0 Å². The van der Waals surface area contributed by atoms with E-state index in [4.69, 9.17) is 0 Å². The van der Waals surface area contributed by atoms with E-state index >= 15 is 0 Å². The lowest BCUT2D eigenvalue weighted by molar-refractivity contribution is 0.0682. The Morgan fingerprint density at radius 2 is 0.912 bits per heavy atom. The Bertz CT molecular complexity index is 1190. The lowest BCUT2D eigenvalue weighted by Gasteiger charge is -2.30. The smallest absolute Gasteiger partial charge is 0.339 e. The van der Waals surface area contributed by atoms with E-state index in [1.54, 1.807) is 12.1 Å². The van der Waals surface area contributed by atoms with E-state index in [0.29, 0.717) is 11.1 Å². The van der Waals surface area contributed by atoms with Crippen molar-refractivity contribution < 1.29 is 30.0 Å². The molecule has 0 bridgehead atoms. The molecule has 0 aromatic heterocycles. The third kappa shape index (κ3) is 4.76. The molecule has 4 N–H and O–H groups in total. The molecule has 0 aliphatic carbocycles. The van der Waals surface area contributed by atoms with E-state index < -0.39 is 11.9 Å². The average molecular weight is 463 g/mol. The Morgan fingerprint density at radius 1 is 0.588 bits per heavy atom. The van der Waals surface area contributed by atoms with E-state index in [1.807, 2.05) is 53.7 Å². The molecule has 0 aliphatic rings. The number of benzene rings is 3. The van der Waals surface area contributed by atoms with Crippen LogP contribution >= 0.6 is 0 Å². The fourth-order valence-corrected chi connectivity index (χ4v) is 4.07. The molecule has 0 atom stereocenters. The highest BCUT2D eigenvalue weighted by molar-refractivity contribution is 5.94. The van der Waals surface area contributed by atoms with Gasteiger partial charge in [-0.05, 0) is 80.6 Å². The van der Waals surface area contributed by atoms with Gasteiger partial charge in [-0.2, -0.15) is 0 Å². The number of hydrogen-bond acceptors (Lipinski definition) is 4.